The van der Waals surface area contributed by atoms with E-state index in [1.807, 2.05) is 23.1 Å². The van der Waals surface area contributed by atoms with E-state index < -0.39 is 5.97 Å². The molecule has 1 N–H and O–H groups in total. The Balaban J connectivity index is 1.76. The van der Waals surface area contributed by atoms with E-state index in [-0.39, 0.29) is 24.1 Å². The summed E-state index contributed by atoms with van der Waals surface area (Å²) in [5, 5.41) is 9.81. The van der Waals surface area contributed by atoms with Crippen molar-refractivity contribution in [3.63, 3.8) is 0 Å². The van der Waals surface area contributed by atoms with Gasteiger partial charge in [0.05, 0.1) is 28.0 Å². The molecule has 1 aromatic carbocycles. The SMILES string of the molecule is CN(Cc1ncccc1C(=O)O)C1CCN(c2ccccc2Cl)C1=O. The van der Waals surface area contributed by atoms with Crippen LogP contribution in [0.5, 0.6) is 0 Å². The highest BCUT2D eigenvalue weighted by Crippen LogP contribution is 2.30. The predicted molar refractivity (Wildman–Crippen MR) is 94.9 cm³/mol. The number of aromatic nitrogens is 1. The van der Waals surface area contributed by atoms with Crippen molar-refractivity contribution in [3.05, 3.63) is 58.9 Å². The molecule has 1 saturated heterocycles. The van der Waals surface area contributed by atoms with Gasteiger partial charge in [-0.25, -0.2) is 4.79 Å². The summed E-state index contributed by atoms with van der Waals surface area (Å²) in [6, 6.07) is 10.0. The van der Waals surface area contributed by atoms with Gasteiger partial charge in [0.25, 0.3) is 0 Å². The number of anilines is 1. The van der Waals surface area contributed by atoms with Crippen LogP contribution in [0.3, 0.4) is 0 Å². The number of carboxylic acid groups (broad SMARTS) is 1. The van der Waals surface area contributed by atoms with Crippen molar-refractivity contribution in [1.29, 1.82) is 0 Å². The number of carboxylic acids is 1. The van der Waals surface area contributed by atoms with Crippen molar-refractivity contribution in [1.82, 2.24) is 9.88 Å². The van der Waals surface area contributed by atoms with Crippen LogP contribution in [-0.4, -0.2) is 46.5 Å². The lowest BCUT2D eigenvalue weighted by molar-refractivity contribution is -0.121. The number of carbonyl (C=O) groups is 2. The second-order valence-corrected chi connectivity index (χ2v) is 6.37. The van der Waals surface area contributed by atoms with E-state index in [1.165, 1.54) is 6.07 Å². The Morgan fingerprint density at radius 3 is 2.84 bits per heavy atom. The molecule has 1 aromatic heterocycles. The Bertz CT molecular complexity index is 812. The van der Waals surface area contributed by atoms with Crippen LogP contribution < -0.4 is 4.90 Å². The van der Waals surface area contributed by atoms with E-state index in [0.717, 1.165) is 0 Å². The number of carbonyl (C=O) groups excluding carboxylic acids is 1. The molecule has 130 valence electrons. The van der Waals surface area contributed by atoms with E-state index in [1.54, 1.807) is 30.3 Å². The van der Waals surface area contributed by atoms with E-state index in [0.29, 0.717) is 29.4 Å². The number of benzene rings is 1. The third kappa shape index (κ3) is 3.50. The first-order valence-electron chi connectivity index (χ1n) is 7.92. The zero-order chi connectivity index (χ0) is 18.0. The van der Waals surface area contributed by atoms with E-state index >= 15 is 0 Å². The highest BCUT2D eigenvalue weighted by Gasteiger charge is 2.36. The zero-order valence-electron chi connectivity index (χ0n) is 13.7. The maximum Gasteiger partial charge on any atom is 0.337 e. The van der Waals surface area contributed by atoms with Gasteiger partial charge in [-0.2, -0.15) is 0 Å². The van der Waals surface area contributed by atoms with Crippen molar-refractivity contribution < 1.29 is 14.7 Å². The number of rotatable bonds is 5. The highest BCUT2D eigenvalue weighted by atomic mass is 35.5. The van der Waals surface area contributed by atoms with Crippen molar-refractivity contribution in [2.75, 3.05) is 18.5 Å². The van der Waals surface area contributed by atoms with Gasteiger partial charge < -0.3 is 10.0 Å². The van der Waals surface area contributed by atoms with Crippen LogP contribution in [-0.2, 0) is 11.3 Å². The second kappa shape index (κ2) is 7.21. The molecule has 0 radical (unpaired) electrons. The fourth-order valence-electron chi connectivity index (χ4n) is 3.09. The Hall–Kier alpha value is -2.44. The Labute approximate surface area is 150 Å². The topological polar surface area (TPSA) is 73.7 Å². The molecule has 1 aliphatic heterocycles. The lowest BCUT2D eigenvalue weighted by atomic mass is 10.1. The predicted octanol–water partition coefficient (Wildman–Crippen LogP) is 2.67. The molecule has 1 amide bonds. The smallest absolute Gasteiger partial charge is 0.337 e. The molecule has 3 rings (SSSR count). The molecule has 6 nitrogen and oxygen atoms in total. The van der Waals surface area contributed by atoms with Crippen molar-refractivity contribution in [2.45, 2.75) is 19.0 Å². The van der Waals surface area contributed by atoms with Crippen LogP contribution in [0.2, 0.25) is 5.02 Å². The summed E-state index contributed by atoms with van der Waals surface area (Å²) in [6.07, 6.45) is 2.21. The van der Waals surface area contributed by atoms with Gasteiger partial charge in [-0.3, -0.25) is 14.7 Å². The number of amides is 1. The number of nitrogens with zero attached hydrogens (tertiary/aromatic N) is 3. The fourth-order valence-corrected chi connectivity index (χ4v) is 3.33. The normalized spacial score (nSPS) is 17.3. The van der Waals surface area contributed by atoms with Crippen LogP contribution in [0.25, 0.3) is 0 Å². The number of likely N-dealkylation sites (N-methyl/N-ethyl adjacent to an activating group) is 1. The first-order chi connectivity index (χ1) is 12.0. The molecule has 2 heterocycles. The lowest BCUT2D eigenvalue weighted by Crippen LogP contribution is -2.39. The molecule has 2 aromatic rings. The molecule has 1 aliphatic rings. The monoisotopic (exact) mass is 359 g/mol. The number of hydrogen-bond donors (Lipinski definition) is 1. The quantitative estimate of drug-likeness (QED) is 0.888. The average molecular weight is 360 g/mol. The van der Waals surface area contributed by atoms with Gasteiger partial charge in [-0.05, 0) is 37.7 Å². The molecule has 7 heteroatoms. The van der Waals surface area contributed by atoms with Crippen molar-refractivity contribution in [2.24, 2.45) is 0 Å². The summed E-state index contributed by atoms with van der Waals surface area (Å²) in [5.41, 5.74) is 1.30. The molecular formula is C18H18ClN3O3. The standard InChI is InChI=1S/C18H18ClN3O3/c1-21(11-14-12(18(24)25)5-4-9-20-14)16-8-10-22(17(16)23)15-7-3-2-6-13(15)19/h2-7,9,16H,8,10-11H2,1H3,(H,24,25). The van der Waals surface area contributed by atoms with E-state index in [9.17, 15) is 14.7 Å². The summed E-state index contributed by atoms with van der Waals surface area (Å²) in [5.74, 6) is -1.06. The van der Waals surface area contributed by atoms with Crippen LogP contribution in [0.1, 0.15) is 22.5 Å². The van der Waals surface area contributed by atoms with Crippen molar-refractivity contribution >= 4 is 29.2 Å². The summed E-state index contributed by atoms with van der Waals surface area (Å²) < 4.78 is 0. The van der Waals surface area contributed by atoms with E-state index in [4.69, 9.17) is 11.6 Å². The summed E-state index contributed by atoms with van der Waals surface area (Å²) in [4.78, 5) is 31.8. The number of halogens is 1. The first-order valence-corrected chi connectivity index (χ1v) is 8.30. The zero-order valence-corrected chi connectivity index (χ0v) is 14.5. The fraction of sp³-hybridized carbons (Fsp3) is 0.278. The van der Waals surface area contributed by atoms with Crippen LogP contribution >= 0.6 is 11.6 Å². The van der Waals surface area contributed by atoms with Crippen LogP contribution in [0.4, 0.5) is 5.69 Å². The summed E-state index contributed by atoms with van der Waals surface area (Å²) in [7, 11) is 1.80. The Morgan fingerprint density at radius 2 is 2.12 bits per heavy atom. The molecular weight excluding hydrogens is 342 g/mol. The minimum absolute atomic E-state index is 0.0385. The highest BCUT2D eigenvalue weighted by molar-refractivity contribution is 6.33. The van der Waals surface area contributed by atoms with Gasteiger partial charge in [-0.15, -0.1) is 0 Å². The van der Waals surface area contributed by atoms with E-state index in [2.05, 4.69) is 4.98 Å². The number of hydrogen-bond acceptors (Lipinski definition) is 4. The maximum atomic E-state index is 12.8. The van der Waals surface area contributed by atoms with Gasteiger partial charge in [-0.1, -0.05) is 23.7 Å². The molecule has 1 atom stereocenters. The average Bonchev–Trinajstić information content (AvgIpc) is 2.97. The van der Waals surface area contributed by atoms with Gasteiger partial charge in [0.1, 0.15) is 0 Å². The number of aromatic carboxylic acids is 1. The largest absolute Gasteiger partial charge is 0.478 e. The maximum absolute atomic E-state index is 12.8. The second-order valence-electron chi connectivity index (χ2n) is 5.96. The van der Waals surface area contributed by atoms with Gasteiger partial charge in [0, 0.05) is 19.3 Å². The molecule has 0 spiro atoms. The molecule has 1 unspecified atom stereocenters. The number of para-hydroxylation sites is 1. The Kier molecular flexibility index (Phi) is 5.01. The first kappa shape index (κ1) is 17.4. The third-order valence-electron chi connectivity index (χ3n) is 4.37. The minimum atomic E-state index is -1.02. The number of pyridine rings is 1. The van der Waals surface area contributed by atoms with Gasteiger partial charge in [0.15, 0.2) is 0 Å². The molecule has 0 aliphatic carbocycles. The Morgan fingerprint density at radius 1 is 1.36 bits per heavy atom. The van der Waals surface area contributed by atoms with Gasteiger partial charge in [0.2, 0.25) is 5.91 Å². The third-order valence-corrected chi connectivity index (χ3v) is 4.69. The van der Waals surface area contributed by atoms with Crippen LogP contribution in [0.15, 0.2) is 42.6 Å². The van der Waals surface area contributed by atoms with Crippen molar-refractivity contribution in [3.8, 4) is 0 Å². The van der Waals surface area contributed by atoms with Gasteiger partial charge >= 0.3 is 5.97 Å². The lowest BCUT2D eigenvalue weighted by Gasteiger charge is -2.24. The molecule has 0 bridgehead atoms. The minimum Gasteiger partial charge on any atom is -0.478 e. The molecule has 1 fully saturated rings. The van der Waals surface area contributed by atoms with Crippen LogP contribution in [0, 0.1) is 0 Å². The summed E-state index contributed by atoms with van der Waals surface area (Å²) >= 11 is 6.20. The molecule has 0 saturated carbocycles. The summed E-state index contributed by atoms with van der Waals surface area (Å²) in [6.45, 7) is 0.862. The molecule has 25 heavy (non-hydrogen) atoms.